The number of carbonyl (C=O) groups is 1. The molecule has 2 aromatic carbocycles. The quantitative estimate of drug-likeness (QED) is 0.711. The zero-order valence-corrected chi connectivity index (χ0v) is 14.9. The number of hydrogen-bond acceptors (Lipinski definition) is 4. The largest absolute Gasteiger partial charge is 0.333 e. The molecule has 0 aliphatic carbocycles. The second kappa shape index (κ2) is 8.40. The number of amides is 1. The van der Waals surface area contributed by atoms with Crippen molar-refractivity contribution in [2.75, 3.05) is 13.1 Å². The van der Waals surface area contributed by atoms with Gasteiger partial charge >= 0.3 is 0 Å². The smallest absolute Gasteiger partial charge is 0.276 e. The molecule has 0 fully saturated rings. The molecular weight excluding hydrogens is 326 g/mol. The number of aryl methyl sites for hydroxylation is 1. The molecule has 134 valence electrons. The van der Waals surface area contributed by atoms with Crippen molar-refractivity contribution in [3.63, 3.8) is 0 Å². The monoisotopic (exact) mass is 349 g/mol. The first kappa shape index (κ1) is 17.8. The Balaban J connectivity index is 1.79. The molecule has 0 aliphatic heterocycles. The molecule has 2 N–H and O–H groups in total. The van der Waals surface area contributed by atoms with Gasteiger partial charge in [0.1, 0.15) is 0 Å². The lowest BCUT2D eigenvalue weighted by Crippen LogP contribution is -2.32. The van der Waals surface area contributed by atoms with Crippen LogP contribution in [-0.2, 0) is 6.54 Å². The maximum atomic E-state index is 12.9. The summed E-state index contributed by atoms with van der Waals surface area (Å²) in [6.45, 7) is 3.67. The second-order valence-electron chi connectivity index (χ2n) is 6.24. The minimum atomic E-state index is -0.138. The molecule has 6 heteroatoms. The predicted molar refractivity (Wildman–Crippen MR) is 101 cm³/mol. The minimum Gasteiger partial charge on any atom is -0.333 e. The molecule has 0 atom stereocenters. The third-order valence-electron chi connectivity index (χ3n) is 4.15. The molecule has 1 amide bonds. The lowest BCUT2D eigenvalue weighted by molar-refractivity contribution is 0.0736. The normalized spacial score (nSPS) is 10.7. The molecule has 1 heterocycles. The van der Waals surface area contributed by atoms with Gasteiger partial charge in [-0.15, -0.1) is 5.10 Å². The maximum absolute atomic E-state index is 12.9. The van der Waals surface area contributed by atoms with Gasteiger partial charge in [0.25, 0.3) is 5.91 Å². The van der Waals surface area contributed by atoms with Crippen LogP contribution >= 0.6 is 0 Å². The van der Waals surface area contributed by atoms with Crippen LogP contribution in [0.1, 0.15) is 28.0 Å². The van der Waals surface area contributed by atoms with Gasteiger partial charge in [-0.25, -0.2) is 4.68 Å². The zero-order valence-electron chi connectivity index (χ0n) is 14.9. The van der Waals surface area contributed by atoms with Crippen molar-refractivity contribution < 1.29 is 4.79 Å². The molecule has 0 saturated heterocycles. The summed E-state index contributed by atoms with van der Waals surface area (Å²) in [5.41, 5.74) is 9.08. The highest BCUT2D eigenvalue weighted by Gasteiger charge is 2.19. The van der Waals surface area contributed by atoms with Crippen molar-refractivity contribution in [2.24, 2.45) is 5.73 Å². The van der Waals surface area contributed by atoms with Gasteiger partial charge in [0.05, 0.1) is 11.9 Å². The summed E-state index contributed by atoms with van der Waals surface area (Å²) in [5.74, 6) is -0.138. The van der Waals surface area contributed by atoms with E-state index in [1.54, 1.807) is 15.8 Å². The summed E-state index contributed by atoms with van der Waals surface area (Å²) in [6.07, 6.45) is 2.41. The Labute approximate surface area is 153 Å². The molecule has 0 unspecified atom stereocenters. The first-order valence-corrected chi connectivity index (χ1v) is 8.70. The van der Waals surface area contributed by atoms with Gasteiger partial charge in [-0.3, -0.25) is 4.79 Å². The van der Waals surface area contributed by atoms with E-state index in [-0.39, 0.29) is 5.91 Å². The number of nitrogens with two attached hydrogens (primary N) is 1. The SMILES string of the molecule is Cc1ccc(-n2cc(C(=O)N(CCCN)Cc3ccccc3)nn2)cc1. The molecule has 6 nitrogen and oxygen atoms in total. The maximum Gasteiger partial charge on any atom is 0.276 e. The second-order valence-corrected chi connectivity index (χ2v) is 6.24. The highest BCUT2D eigenvalue weighted by molar-refractivity contribution is 5.92. The molecule has 0 spiro atoms. The highest BCUT2D eigenvalue weighted by atomic mass is 16.2. The fourth-order valence-electron chi connectivity index (χ4n) is 2.69. The summed E-state index contributed by atoms with van der Waals surface area (Å²) >= 11 is 0. The summed E-state index contributed by atoms with van der Waals surface area (Å²) in [6, 6.07) is 17.8. The first-order valence-electron chi connectivity index (χ1n) is 8.70. The van der Waals surface area contributed by atoms with Crippen LogP contribution in [-0.4, -0.2) is 38.9 Å². The van der Waals surface area contributed by atoms with E-state index in [4.69, 9.17) is 5.73 Å². The minimum absolute atomic E-state index is 0.138. The van der Waals surface area contributed by atoms with E-state index in [1.807, 2.05) is 61.5 Å². The standard InChI is InChI=1S/C20H23N5O/c1-16-8-10-18(11-9-16)25-15-19(22-23-25)20(26)24(13-5-12-21)14-17-6-3-2-4-7-17/h2-4,6-11,15H,5,12-14,21H2,1H3. The highest BCUT2D eigenvalue weighted by Crippen LogP contribution is 2.12. The number of aromatic nitrogens is 3. The van der Waals surface area contributed by atoms with E-state index in [0.29, 0.717) is 25.3 Å². The molecule has 0 aliphatic rings. The zero-order chi connectivity index (χ0) is 18.4. The van der Waals surface area contributed by atoms with Crippen molar-refractivity contribution >= 4 is 5.91 Å². The lowest BCUT2D eigenvalue weighted by Gasteiger charge is -2.21. The van der Waals surface area contributed by atoms with Crippen molar-refractivity contribution in [3.05, 3.63) is 77.6 Å². The molecule has 0 bridgehead atoms. The van der Waals surface area contributed by atoms with Crippen molar-refractivity contribution in [1.29, 1.82) is 0 Å². The summed E-state index contributed by atoms with van der Waals surface area (Å²) in [7, 11) is 0. The van der Waals surface area contributed by atoms with E-state index in [0.717, 1.165) is 17.7 Å². The topological polar surface area (TPSA) is 77.0 Å². The van der Waals surface area contributed by atoms with Crippen LogP contribution in [0.15, 0.2) is 60.8 Å². The third-order valence-corrected chi connectivity index (χ3v) is 4.15. The number of rotatable bonds is 7. The summed E-state index contributed by atoms with van der Waals surface area (Å²) < 4.78 is 1.62. The van der Waals surface area contributed by atoms with Crippen LogP contribution in [0.2, 0.25) is 0 Å². The molecule has 26 heavy (non-hydrogen) atoms. The van der Waals surface area contributed by atoms with Crippen LogP contribution in [0.4, 0.5) is 0 Å². The Kier molecular flexibility index (Phi) is 5.76. The third kappa shape index (κ3) is 4.34. The number of nitrogens with zero attached hydrogens (tertiary/aromatic N) is 4. The average Bonchev–Trinajstić information content (AvgIpc) is 3.16. The van der Waals surface area contributed by atoms with Crippen LogP contribution in [0.5, 0.6) is 0 Å². The average molecular weight is 349 g/mol. The van der Waals surface area contributed by atoms with E-state index < -0.39 is 0 Å². The van der Waals surface area contributed by atoms with Crippen molar-refractivity contribution in [3.8, 4) is 5.69 Å². The predicted octanol–water partition coefficient (Wildman–Crippen LogP) is 2.57. The van der Waals surface area contributed by atoms with Gasteiger partial charge in [-0.2, -0.15) is 0 Å². The van der Waals surface area contributed by atoms with Gasteiger partial charge in [-0.05, 0) is 37.6 Å². The summed E-state index contributed by atoms with van der Waals surface area (Å²) in [5, 5.41) is 8.18. The number of carbonyl (C=O) groups excluding carboxylic acids is 1. The molecule has 0 radical (unpaired) electrons. The van der Waals surface area contributed by atoms with E-state index in [2.05, 4.69) is 10.3 Å². The molecule has 1 aromatic heterocycles. The lowest BCUT2D eigenvalue weighted by atomic mass is 10.2. The van der Waals surface area contributed by atoms with Crippen LogP contribution in [0, 0.1) is 6.92 Å². The fourth-order valence-corrected chi connectivity index (χ4v) is 2.69. The van der Waals surface area contributed by atoms with Crippen molar-refractivity contribution in [1.82, 2.24) is 19.9 Å². The Bertz CT molecular complexity index is 842. The fraction of sp³-hybridized carbons (Fsp3) is 0.250. The Morgan fingerprint density at radius 2 is 1.85 bits per heavy atom. The van der Waals surface area contributed by atoms with Gasteiger partial charge < -0.3 is 10.6 Å². The van der Waals surface area contributed by atoms with E-state index in [1.165, 1.54) is 5.56 Å². The molecule has 0 saturated carbocycles. The van der Waals surface area contributed by atoms with Crippen LogP contribution in [0.3, 0.4) is 0 Å². The Morgan fingerprint density at radius 1 is 1.12 bits per heavy atom. The number of benzene rings is 2. The Morgan fingerprint density at radius 3 is 2.54 bits per heavy atom. The molecular formula is C20H23N5O. The van der Waals surface area contributed by atoms with Crippen LogP contribution < -0.4 is 5.73 Å². The number of hydrogen-bond donors (Lipinski definition) is 1. The van der Waals surface area contributed by atoms with E-state index in [9.17, 15) is 4.79 Å². The van der Waals surface area contributed by atoms with Gasteiger partial charge in [0.15, 0.2) is 5.69 Å². The molecule has 3 rings (SSSR count). The van der Waals surface area contributed by atoms with Crippen LogP contribution in [0.25, 0.3) is 5.69 Å². The Hall–Kier alpha value is -2.99. The van der Waals surface area contributed by atoms with Gasteiger partial charge in [-0.1, -0.05) is 53.2 Å². The molecule has 3 aromatic rings. The van der Waals surface area contributed by atoms with E-state index >= 15 is 0 Å². The first-order chi connectivity index (χ1) is 12.7. The van der Waals surface area contributed by atoms with Crippen molar-refractivity contribution in [2.45, 2.75) is 19.9 Å². The van der Waals surface area contributed by atoms with Gasteiger partial charge in [0.2, 0.25) is 0 Å². The summed E-state index contributed by atoms with van der Waals surface area (Å²) in [4.78, 5) is 14.7. The van der Waals surface area contributed by atoms with Gasteiger partial charge in [0, 0.05) is 13.1 Å².